The summed E-state index contributed by atoms with van der Waals surface area (Å²) < 4.78 is 33.4. The van der Waals surface area contributed by atoms with E-state index in [2.05, 4.69) is 10.3 Å². The van der Waals surface area contributed by atoms with Gasteiger partial charge < -0.3 is 8.98 Å². The molecule has 1 aromatic carbocycles. The number of imide groups is 1. The van der Waals surface area contributed by atoms with Gasteiger partial charge in [-0.3, -0.25) is 19.9 Å². The van der Waals surface area contributed by atoms with Crippen molar-refractivity contribution in [1.29, 1.82) is 0 Å². The van der Waals surface area contributed by atoms with E-state index in [4.69, 9.17) is 4.42 Å². The monoisotopic (exact) mass is 459 g/mol. The maximum absolute atomic E-state index is 13.2. The Labute approximate surface area is 187 Å². The van der Waals surface area contributed by atoms with Crippen LogP contribution in [-0.2, 0) is 19.4 Å². The first kappa shape index (κ1) is 19.7. The quantitative estimate of drug-likeness (QED) is 0.587. The summed E-state index contributed by atoms with van der Waals surface area (Å²) in [4.78, 5) is 30.4. The van der Waals surface area contributed by atoms with Crippen LogP contribution < -0.4 is 15.9 Å². The average Bonchev–Trinajstić information content (AvgIpc) is 3.43. The number of para-hydroxylation sites is 1. The molecule has 1 atom stereocenters. The van der Waals surface area contributed by atoms with E-state index in [0.29, 0.717) is 21.9 Å². The molecule has 1 aliphatic carbocycles. The lowest BCUT2D eigenvalue weighted by Gasteiger charge is -2.23. The summed E-state index contributed by atoms with van der Waals surface area (Å²) in [5.41, 5.74) is 2.15. The molecule has 0 radical (unpaired) electrons. The summed E-state index contributed by atoms with van der Waals surface area (Å²) in [6.07, 6.45) is 9.62. The van der Waals surface area contributed by atoms with Crippen LogP contribution in [0.25, 0.3) is 33.9 Å². The molecule has 6 rings (SSSR count). The summed E-state index contributed by atoms with van der Waals surface area (Å²) >= 11 is 0. The second kappa shape index (κ2) is 6.76. The van der Waals surface area contributed by atoms with Crippen LogP contribution >= 0.6 is 0 Å². The number of carbonyl (C=O) groups is 2. The molecule has 8 nitrogen and oxygen atoms in total. The zero-order valence-corrected chi connectivity index (χ0v) is 18.2. The van der Waals surface area contributed by atoms with Gasteiger partial charge in [-0.25, -0.2) is 8.42 Å². The van der Waals surface area contributed by atoms with Gasteiger partial charge >= 0.3 is 0 Å². The topological polar surface area (TPSA) is 111 Å². The molecule has 9 heteroatoms. The summed E-state index contributed by atoms with van der Waals surface area (Å²) in [7, 11) is -3.65. The first-order valence-corrected chi connectivity index (χ1v) is 12.2. The molecule has 2 aromatic heterocycles. The number of carbonyl (C=O) groups excluding carboxylic acids is 2. The second-order valence-electron chi connectivity index (χ2n) is 8.20. The van der Waals surface area contributed by atoms with E-state index in [1.807, 2.05) is 10.6 Å². The fraction of sp³-hybridized carbons (Fsp3) is 0.125. The molecule has 0 saturated carbocycles. The lowest BCUT2D eigenvalue weighted by atomic mass is 9.87. The van der Waals surface area contributed by atoms with E-state index in [9.17, 15) is 18.0 Å². The fourth-order valence-electron chi connectivity index (χ4n) is 4.88. The van der Waals surface area contributed by atoms with Crippen LogP contribution in [0, 0.1) is 0 Å². The number of nitrogens with zero attached hydrogens (tertiary/aromatic N) is 2. The Hall–Kier alpha value is -3.98. The Morgan fingerprint density at radius 3 is 2.76 bits per heavy atom. The van der Waals surface area contributed by atoms with Gasteiger partial charge in [-0.1, -0.05) is 18.2 Å². The molecule has 0 fully saturated rings. The molecule has 2 amide bonds. The summed E-state index contributed by atoms with van der Waals surface area (Å²) in [6, 6.07) is 8.85. The maximum atomic E-state index is 13.2. The van der Waals surface area contributed by atoms with Crippen molar-refractivity contribution in [2.75, 3.05) is 6.26 Å². The van der Waals surface area contributed by atoms with Crippen LogP contribution in [0.4, 0.5) is 0 Å². The van der Waals surface area contributed by atoms with Gasteiger partial charge in [0.05, 0.1) is 28.0 Å². The number of furan rings is 1. The SMILES string of the molecule is CS(=O)(=O)C1CC2=c3c(ccn3C=CN=C2)=C1C1=C(c2cccc3ccoc23)C(=O)NC1=O. The van der Waals surface area contributed by atoms with Gasteiger partial charge in [-0.15, -0.1) is 0 Å². The van der Waals surface area contributed by atoms with Crippen molar-refractivity contribution in [3.63, 3.8) is 0 Å². The molecule has 3 aliphatic rings. The minimum absolute atomic E-state index is 0.0672. The fourth-order valence-corrected chi connectivity index (χ4v) is 6.03. The number of hydrogen-bond donors (Lipinski definition) is 1. The van der Waals surface area contributed by atoms with Crippen LogP contribution in [0.5, 0.6) is 0 Å². The Bertz CT molecular complexity index is 1730. The highest BCUT2D eigenvalue weighted by molar-refractivity contribution is 7.91. The molecular formula is C24H17N3O5S. The molecule has 0 saturated heterocycles. The Morgan fingerprint density at radius 2 is 1.94 bits per heavy atom. The third-order valence-electron chi connectivity index (χ3n) is 6.25. The highest BCUT2D eigenvalue weighted by Crippen LogP contribution is 2.38. The van der Waals surface area contributed by atoms with Crippen molar-refractivity contribution in [2.45, 2.75) is 11.7 Å². The van der Waals surface area contributed by atoms with E-state index in [1.54, 1.807) is 49.1 Å². The zero-order chi connectivity index (χ0) is 22.9. The zero-order valence-electron chi connectivity index (χ0n) is 17.4. The number of fused-ring (bicyclic) bond motifs is 1. The highest BCUT2D eigenvalue weighted by Gasteiger charge is 2.41. The number of benzene rings is 1. The molecule has 164 valence electrons. The number of aromatic nitrogens is 1. The first-order valence-electron chi connectivity index (χ1n) is 10.2. The number of aliphatic imine (C=N–C) groups is 1. The van der Waals surface area contributed by atoms with E-state index in [0.717, 1.165) is 22.6 Å². The summed E-state index contributed by atoms with van der Waals surface area (Å²) in [5, 5.41) is 3.48. The predicted molar refractivity (Wildman–Crippen MR) is 124 cm³/mol. The van der Waals surface area contributed by atoms with Crippen LogP contribution in [-0.4, -0.2) is 42.5 Å². The minimum Gasteiger partial charge on any atom is -0.464 e. The first-order chi connectivity index (χ1) is 15.8. The summed E-state index contributed by atoms with van der Waals surface area (Å²) in [6.45, 7) is 0. The number of amides is 2. The Kier molecular flexibility index (Phi) is 4.03. The van der Waals surface area contributed by atoms with Gasteiger partial charge in [0.2, 0.25) is 0 Å². The molecule has 1 unspecified atom stereocenters. The minimum atomic E-state index is -3.65. The second-order valence-corrected chi connectivity index (χ2v) is 10.4. The van der Waals surface area contributed by atoms with Crippen molar-refractivity contribution in [2.24, 2.45) is 4.99 Å². The van der Waals surface area contributed by atoms with Crippen molar-refractivity contribution in [3.05, 3.63) is 70.7 Å². The van der Waals surface area contributed by atoms with Gasteiger partial charge in [0.15, 0.2) is 9.84 Å². The van der Waals surface area contributed by atoms with Gasteiger partial charge in [-0.05, 0) is 29.7 Å². The van der Waals surface area contributed by atoms with Crippen molar-refractivity contribution < 1.29 is 22.4 Å². The van der Waals surface area contributed by atoms with Crippen LogP contribution in [0.3, 0.4) is 0 Å². The van der Waals surface area contributed by atoms with Gasteiger partial charge in [0.1, 0.15) is 5.58 Å². The third-order valence-corrected chi connectivity index (χ3v) is 7.68. The predicted octanol–water partition coefficient (Wildman–Crippen LogP) is 0.975. The van der Waals surface area contributed by atoms with E-state index >= 15 is 0 Å². The molecule has 1 N–H and O–H groups in total. The lowest BCUT2D eigenvalue weighted by molar-refractivity contribution is -0.123. The van der Waals surface area contributed by atoms with Gasteiger partial charge in [0, 0.05) is 47.2 Å². The molecule has 4 heterocycles. The molecule has 0 bridgehead atoms. The van der Waals surface area contributed by atoms with Crippen molar-refractivity contribution in [3.8, 4) is 0 Å². The van der Waals surface area contributed by atoms with E-state index < -0.39 is 26.9 Å². The number of sulfone groups is 1. The highest BCUT2D eigenvalue weighted by atomic mass is 32.2. The molecule has 3 aromatic rings. The standard InChI is InChI=1S/C24H17N3O5S/c1-33(30,31)17-11-14-12-25-7-9-27-8-5-15(21(14)27)18(17)20-19(23(28)26-24(20)29)16-4-2-3-13-6-10-32-22(13)16/h2-10,12,17H,11H2,1H3,(H,26,28,29). The molecule has 2 aliphatic heterocycles. The normalized spacial score (nSPS) is 20.0. The number of nitrogens with one attached hydrogen (secondary N) is 1. The number of hydrogen-bond acceptors (Lipinski definition) is 6. The molecule has 33 heavy (non-hydrogen) atoms. The van der Waals surface area contributed by atoms with Gasteiger partial charge in [-0.2, -0.15) is 0 Å². The van der Waals surface area contributed by atoms with Crippen LogP contribution in [0.15, 0.2) is 64.0 Å². The van der Waals surface area contributed by atoms with E-state index in [-0.39, 0.29) is 17.6 Å². The van der Waals surface area contributed by atoms with Crippen LogP contribution in [0.1, 0.15) is 12.0 Å². The molecular weight excluding hydrogens is 442 g/mol. The lowest BCUT2D eigenvalue weighted by Crippen LogP contribution is -2.43. The number of rotatable bonds is 3. The van der Waals surface area contributed by atoms with Crippen molar-refractivity contribution >= 4 is 61.8 Å². The van der Waals surface area contributed by atoms with E-state index in [1.165, 1.54) is 6.26 Å². The van der Waals surface area contributed by atoms with Crippen LogP contribution in [0.2, 0.25) is 0 Å². The maximum Gasteiger partial charge on any atom is 0.259 e. The summed E-state index contributed by atoms with van der Waals surface area (Å²) in [5.74, 6) is -1.20. The Morgan fingerprint density at radius 1 is 1.12 bits per heavy atom. The third kappa shape index (κ3) is 2.82. The average molecular weight is 459 g/mol. The molecule has 0 spiro atoms. The van der Waals surface area contributed by atoms with Gasteiger partial charge in [0.25, 0.3) is 11.8 Å². The largest absolute Gasteiger partial charge is 0.464 e. The van der Waals surface area contributed by atoms with Crippen molar-refractivity contribution in [1.82, 2.24) is 9.88 Å². The Balaban J connectivity index is 1.79. The smallest absolute Gasteiger partial charge is 0.259 e.